The quantitative estimate of drug-likeness (QED) is 0.812. The molecule has 1 nitrogen and oxygen atoms in total. The molecule has 1 heteroatoms. The lowest BCUT2D eigenvalue weighted by Crippen LogP contribution is -2.25. The van der Waals surface area contributed by atoms with Gasteiger partial charge >= 0.3 is 0 Å². The summed E-state index contributed by atoms with van der Waals surface area (Å²) in [4.78, 5) is 0. The largest absolute Gasteiger partial charge is 0.306 e. The lowest BCUT2D eigenvalue weighted by atomic mass is 9.89. The Hall–Kier alpha value is -1.60. The molecule has 0 aliphatic rings. The van der Waals surface area contributed by atoms with Crippen LogP contribution in [0.2, 0.25) is 0 Å². The van der Waals surface area contributed by atoms with Crippen LogP contribution in [0.3, 0.4) is 0 Å². The molecule has 0 amide bonds. The van der Waals surface area contributed by atoms with Gasteiger partial charge in [-0.05, 0) is 68.5 Å². The SMILES string of the molecule is CCCNC(c1cc(C)ccc1C)c1cccc(C)c1C. The molecule has 0 aliphatic carbocycles. The minimum atomic E-state index is 0.282. The summed E-state index contributed by atoms with van der Waals surface area (Å²) < 4.78 is 0. The summed E-state index contributed by atoms with van der Waals surface area (Å²) in [6, 6.07) is 13.7. The zero-order valence-electron chi connectivity index (χ0n) is 14.0. The van der Waals surface area contributed by atoms with Crippen LogP contribution in [0.25, 0.3) is 0 Å². The normalized spacial score (nSPS) is 12.4. The molecule has 2 rings (SSSR count). The highest BCUT2D eigenvalue weighted by atomic mass is 14.9. The predicted molar refractivity (Wildman–Crippen MR) is 92.0 cm³/mol. The summed E-state index contributed by atoms with van der Waals surface area (Å²) in [5.41, 5.74) is 8.24. The van der Waals surface area contributed by atoms with Gasteiger partial charge in [0.2, 0.25) is 0 Å². The fraction of sp³-hybridized carbons (Fsp3) is 0.400. The number of rotatable bonds is 5. The fourth-order valence-corrected chi connectivity index (χ4v) is 2.83. The number of hydrogen-bond acceptors (Lipinski definition) is 1. The average Bonchev–Trinajstić information content (AvgIpc) is 2.47. The van der Waals surface area contributed by atoms with Gasteiger partial charge in [-0.1, -0.05) is 48.9 Å². The van der Waals surface area contributed by atoms with E-state index < -0.39 is 0 Å². The average molecular weight is 281 g/mol. The van der Waals surface area contributed by atoms with Gasteiger partial charge in [0.15, 0.2) is 0 Å². The Bertz CT molecular complexity index is 611. The highest BCUT2D eigenvalue weighted by Gasteiger charge is 2.18. The molecule has 1 atom stereocenters. The Morgan fingerprint density at radius 3 is 2.38 bits per heavy atom. The second-order valence-corrected chi connectivity index (χ2v) is 6.04. The third-order valence-corrected chi connectivity index (χ3v) is 4.30. The fourth-order valence-electron chi connectivity index (χ4n) is 2.83. The predicted octanol–water partition coefficient (Wildman–Crippen LogP) is 5.01. The first kappa shape index (κ1) is 15.8. The van der Waals surface area contributed by atoms with Crippen molar-refractivity contribution in [2.75, 3.05) is 6.54 Å². The number of nitrogens with one attached hydrogen (secondary N) is 1. The van der Waals surface area contributed by atoms with Crippen LogP contribution in [0, 0.1) is 27.7 Å². The number of aryl methyl sites for hydroxylation is 3. The summed E-state index contributed by atoms with van der Waals surface area (Å²) in [5.74, 6) is 0. The van der Waals surface area contributed by atoms with Crippen molar-refractivity contribution in [1.29, 1.82) is 0 Å². The minimum Gasteiger partial charge on any atom is -0.306 e. The van der Waals surface area contributed by atoms with Gasteiger partial charge in [0.1, 0.15) is 0 Å². The van der Waals surface area contributed by atoms with Crippen molar-refractivity contribution in [3.05, 3.63) is 69.8 Å². The van der Waals surface area contributed by atoms with E-state index in [1.807, 2.05) is 0 Å². The van der Waals surface area contributed by atoms with E-state index in [0.717, 1.165) is 13.0 Å². The molecule has 1 N–H and O–H groups in total. The molecule has 0 radical (unpaired) electrons. The summed E-state index contributed by atoms with van der Waals surface area (Å²) >= 11 is 0. The van der Waals surface area contributed by atoms with Gasteiger partial charge in [-0.3, -0.25) is 0 Å². The van der Waals surface area contributed by atoms with Crippen LogP contribution < -0.4 is 5.32 Å². The second kappa shape index (κ2) is 6.91. The summed E-state index contributed by atoms with van der Waals surface area (Å²) in [6.07, 6.45) is 1.15. The van der Waals surface area contributed by atoms with Crippen LogP contribution in [-0.2, 0) is 0 Å². The molecule has 0 heterocycles. The van der Waals surface area contributed by atoms with E-state index in [1.54, 1.807) is 0 Å². The van der Waals surface area contributed by atoms with Gasteiger partial charge in [-0.15, -0.1) is 0 Å². The summed E-state index contributed by atoms with van der Waals surface area (Å²) in [7, 11) is 0. The van der Waals surface area contributed by atoms with Crippen LogP contribution in [0.15, 0.2) is 36.4 Å². The van der Waals surface area contributed by atoms with Crippen LogP contribution >= 0.6 is 0 Å². The Labute approximate surface area is 129 Å². The zero-order valence-corrected chi connectivity index (χ0v) is 14.0. The Balaban J connectivity index is 2.52. The van der Waals surface area contributed by atoms with E-state index in [-0.39, 0.29) is 6.04 Å². The third-order valence-electron chi connectivity index (χ3n) is 4.30. The van der Waals surface area contributed by atoms with Crippen LogP contribution in [0.1, 0.15) is 52.8 Å². The molecule has 0 aromatic heterocycles. The Kier molecular flexibility index (Phi) is 5.19. The molecule has 0 saturated carbocycles. The van der Waals surface area contributed by atoms with E-state index in [4.69, 9.17) is 0 Å². The van der Waals surface area contributed by atoms with E-state index in [1.165, 1.54) is 33.4 Å². The zero-order chi connectivity index (χ0) is 15.4. The topological polar surface area (TPSA) is 12.0 Å². The van der Waals surface area contributed by atoms with E-state index in [9.17, 15) is 0 Å². The summed E-state index contributed by atoms with van der Waals surface area (Å²) in [5, 5.41) is 3.74. The molecular weight excluding hydrogens is 254 g/mol. The first-order valence-corrected chi connectivity index (χ1v) is 7.91. The summed E-state index contributed by atoms with van der Waals surface area (Å²) in [6.45, 7) is 12.1. The van der Waals surface area contributed by atoms with Crippen LogP contribution in [0.4, 0.5) is 0 Å². The lowest BCUT2D eigenvalue weighted by Gasteiger charge is -2.24. The van der Waals surface area contributed by atoms with Crippen molar-refractivity contribution in [3.63, 3.8) is 0 Å². The molecule has 0 bridgehead atoms. The first-order chi connectivity index (χ1) is 10.0. The van der Waals surface area contributed by atoms with Crippen molar-refractivity contribution in [2.24, 2.45) is 0 Å². The number of hydrogen-bond donors (Lipinski definition) is 1. The number of benzene rings is 2. The molecule has 0 saturated heterocycles. The molecule has 2 aromatic carbocycles. The van der Waals surface area contributed by atoms with Gasteiger partial charge in [-0.2, -0.15) is 0 Å². The monoisotopic (exact) mass is 281 g/mol. The molecule has 2 aromatic rings. The maximum atomic E-state index is 3.74. The molecule has 21 heavy (non-hydrogen) atoms. The minimum absolute atomic E-state index is 0.282. The van der Waals surface area contributed by atoms with Crippen molar-refractivity contribution < 1.29 is 0 Å². The van der Waals surface area contributed by atoms with Gasteiger partial charge < -0.3 is 5.32 Å². The van der Waals surface area contributed by atoms with Crippen LogP contribution in [-0.4, -0.2) is 6.54 Å². The second-order valence-electron chi connectivity index (χ2n) is 6.04. The maximum Gasteiger partial charge on any atom is 0.0582 e. The van der Waals surface area contributed by atoms with E-state index in [2.05, 4.69) is 76.3 Å². The Morgan fingerprint density at radius 2 is 1.67 bits per heavy atom. The van der Waals surface area contributed by atoms with Crippen molar-refractivity contribution >= 4 is 0 Å². The molecule has 0 spiro atoms. The smallest absolute Gasteiger partial charge is 0.0582 e. The first-order valence-electron chi connectivity index (χ1n) is 7.91. The van der Waals surface area contributed by atoms with Gasteiger partial charge in [0.25, 0.3) is 0 Å². The molecule has 112 valence electrons. The van der Waals surface area contributed by atoms with Gasteiger partial charge in [-0.25, -0.2) is 0 Å². The standard InChI is InChI=1S/C20H27N/c1-6-12-21-20(18-9-7-8-15(3)17(18)5)19-13-14(2)10-11-16(19)4/h7-11,13,20-21H,6,12H2,1-5H3. The molecule has 0 aliphatic heterocycles. The van der Waals surface area contributed by atoms with E-state index >= 15 is 0 Å². The Morgan fingerprint density at radius 1 is 0.905 bits per heavy atom. The molecular formula is C20H27N. The highest BCUT2D eigenvalue weighted by Crippen LogP contribution is 2.29. The van der Waals surface area contributed by atoms with Crippen molar-refractivity contribution in [2.45, 2.75) is 47.1 Å². The van der Waals surface area contributed by atoms with Gasteiger partial charge in [0, 0.05) is 0 Å². The molecule has 1 unspecified atom stereocenters. The maximum absolute atomic E-state index is 3.74. The van der Waals surface area contributed by atoms with Crippen molar-refractivity contribution in [1.82, 2.24) is 5.32 Å². The lowest BCUT2D eigenvalue weighted by molar-refractivity contribution is 0.593. The van der Waals surface area contributed by atoms with Gasteiger partial charge in [0.05, 0.1) is 6.04 Å². The molecule has 0 fully saturated rings. The third kappa shape index (κ3) is 3.54. The van der Waals surface area contributed by atoms with Crippen LogP contribution in [0.5, 0.6) is 0 Å². The highest BCUT2D eigenvalue weighted by molar-refractivity contribution is 5.44. The van der Waals surface area contributed by atoms with E-state index in [0.29, 0.717) is 0 Å². The van der Waals surface area contributed by atoms with Crippen molar-refractivity contribution in [3.8, 4) is 0 Å².